The van der Waals surface area contributed by atoms with Gasteiger partial charge < -0.3 is 15.4 Å². The summed E-state index contributed by atoms with van der Waals surface area (Å²) in [6.45, 7) is 1.42. The highest BCUT2D eigenvalue weighted by Gasteiger charge is 2.22. The molecule has 0 saturated carbocycles. The number of hydrogen-bond acceptors (Lipinski definition) is 5. The number of hydrogen-bond donors (Lipinski definition) is 2. The molecule has 7 nitrogen and oxygen atoms in total. The summed E-state index contributed by atoms with van der Waals surface area (Å²) in [6.07, 6.45) is -0.684. The molecule has 1 aliphatic rings. The second-order valence-electron chi connectivity index (χ2n) is 4.01. The topological polar surface area (TPSA) is 93.5 Å². The number of carbonyl (C=O) groups excluding carboxylic acids is 1. The number of non-ortho nitro benzene ring substituents is 1. The van der Waals surface area contributed by atoms with Crippen LogP contribution in [0.5, 0.6) is 0 Å². The van der Waals surface area contributed by atoms with Gasteiger partial charge in [0.15, 0.2) is 0 Å². The number of amides is 1. The summed E-state index contributed by atoms with van der Waals surface area (Å²) in [6, 6.07) is 2.90. The average molecular weight is 269 g/mol. The van der Waals surface area contributed by atoms with Crippen LogP contribution >= 0.6 is 0 Å². The molecule has 19 heavy (non-hydrogen) atoms. The number of halogens is 1. The second kappa shape index (κ2) is 5.72. The summed E-state index contributed by atoms with van der Waals surface area (Å²) >= 11 is 0. The maximum absolute atomic E-state index is 13.2. The highest BCUT2D eigenvalue weighted by molar-refractivity contribution is 5.94. The van der Waals surface area contributed by atoms with E-state index in [4.69, 9.17) is 4.74 Å². The summed E-state index contributed by atoms with van der Waals surface area (Å²) in [4.78, 5) is 21.7. The van der Waals surface area contributed by atoms with Gasteiger partial charge in [0.25, 0.3) is 11.6 Å². The van der Waals surface area contributed by atoms with Crippen molar-refractivity contribution in [3.8, 4) is 0 Å². The predicted molar refractivity (Wildman–Crippen MR) is 64.3 cm³/mol. The first-order valence-corrected chi connectivity index (χ1v) is 5.64. The minimum Gasteiger partial charge on any atom is -0.366 e. The number of carbonyl (C=O) groups is 1. The van der Waals surface area contributed by atoms with Crippen molar-refractivity contribution in [2.75, 3.05) is 25.0 Å². The predicted octanol–water partition coefficient (Wildman–Crippen LogP) is 0.661. The van der Waals surface area contributed by atoms with Crippen LogP contribution in [-0.4, -0.2) is 36.6 Å². The van der Waals surface area contributed by atoms with Gasteiger partial charge in [-0.2, -0.15) is 0 Å². The van der Waals surface area contributed by atoms with Crippen LogP contribution in [-0.2, 0) is 9.53 Å². The van der Waals surface area contributed by atoms with Crippen molar-refractivity contribution in [3.05, 3.63) is 34.1 Å². The molecule has 1 unspecified atom stereocenters. The Morgan fingerprint density at radius 2 is 2.32 bits per heavy atom. The molecule has 0 aromatic heterocycles. The van der Waals surface area contributed by atoms with Gasteiger partial charge in [0.05, 0.1) is 23.3 Å². The highest BCUT2D eigenvalue weighted by Crippen LogP contribution is 2.20. The second-order valence-corrected chi connectivity index (χ2v) is 4.01. The van der Waals surface area contributed by atoms with Crippen molar-refractivity contribution in [3.63, 3.8) is 0 Å². The van der Waals surface area contributed by atoms with Gasteiger partial charge in [0, 0.05) is 19.2 Å². The Bertz CT molecular complexity index is 503. The lowest BCUT2D eigenvalue weighted by atomic mass is 10.2. The molecule has 1 heterocycles. The number of rotatable bonds is 3. The third kappa shape index (κ3) is 3.46. The molecule has 1 amide bonds. The monoisotopic (exact) mass is 269 g/mol. The molecule has 0 spiro atoms. The van der Waals surface area contributed by atoms with E-state index in [1.807, 2.05) is 0 Å². The van der Waals surface area contributed by atoms with Crippen molar-refractivity contribution < 1.29 is 18.8 Å². The third-order valence-corrected chi connectivity index (χ3v) is 2.58. The van der Waals surface area contributed by atoms with Crippen LogP contribution in [0.15, 0.2) is 18.2 Å². The molecular formula is C11H12FN3O4. The Morgan fingerprint density at radius 3 is 2.95 bits per heavy atom. The quantitative estimate of drug-likeness (QED) is 0.621. The number of nitro groups is 1. The van der Waals surface area contributed by atoms with Crippen molar-refractivity contribution >= 4 is 17.3 Å². The Hall–Kier alpha value is -2.06. The first-order chi connectivity index (χ1) is 9.06. The standard InChI is InChI=1S/C11H12FN3O4/c12-7-3-8(5-9(4-7)15(17)18)14-11(16)10-6-13-1-2-19-10/h3-5,10,13H,1-2,6H2,(H,14,16). The van der Waals surface area contributed by atoms with Crippen LogP contribution in [0.1, 0.15) is 0 Å². The highest BCUT2D eigenvalue weighted by atomic mass is 19.1. The summed E-state index contributed by atoms with van der Waals surface area (Å²) in [5.41, 5.74) is -0.385. The molecular weight excluding hydrogens is 257 g/mol. The van der Waals surface area contributed by atoms with E-state index in [1.165, 1.54) is 0 Å². The molecule has 1 atom stereocenters. The Kier molecular flexibility index (Phi) is 4.03. The van der Waals surface area contributed by atoms with Crippen molar-refractivity contribution in [2.45, 2.75) is 6.10 Å². The molecule has 2 rings (SSSR count). The molecule has 1 aliphatic heterocycles. The molecule has 1 aromatic carbocycles. The summed E-state index contributed by atoms with van der Waals surface area (Å²) in [5, 5.41) is 16.0. The molecule has 0 bridgehead atoms. The van der Waals surface area contributed by atoms with Gasteiger partial charge >= 0.3 is 0 Å². The molecule has 0 radical (unpaired) electrons. The zero-order chi connectivity index (χ0) is 13.8. The van der Waals surface area contributed by atoms with Gasteiger partial charge in [0.2, 0.25) is 0 Å². The number of benzene rings is 1. The number of nitrogens with one attached hydrogen (secondary N) is 2. The lowest BCUT2D eigenvalue weighted by Gasteiger charge is -2.22. The van der Waals surface area contributed by atoms with Gasteiger partial charge in [-0.15, -0.1) is 0 Å². The Morgan fingerprint density at radius 1 is 1.53 bits per heavy atom. The molecule has 102 valence electrons. The maximum Gasteiger partial charge on any atom is 0.274 e. The summed E-state index contributed by atoms with van der Waals surface area (Å²) < 4.78 is 18.4. The Labute approximate surface area is 107 Å². The van der Waals surface area contributed by atoms with E-state index in [2.05, 4.69) is 10.6 Å². The summed E-state index contributed by atoms with van der Waals surface area (Å²) in [5.74, 6) is -1.25. The van der Waals surface area contributed by atoms with E-state index in [9.17, 15) is 19.3 Å². The molecule has 2 N–H and O–H groups in total. The van der Waals surface area contributed by atoms with Crippen LogP contribution in [0.2, 0.25) is 0 Å². The summed E-state index contributed by atoms with van der Waals surface area (Å²) in [7, 11) is 0. The van der Waals surface area contributed by atoms with Crippen molar-refractivity contribution in [2.24, 2.45) is 0 Å². The number of morpholine rings is 1. The normalized spacial score (nSPS) is 18.9. The molecule has 1 saturated heterocycles. The SMILES string of the molecule is O=C(Nc1cc(F)cc([N+](=O)[O-])c1)C1CNCCO1. The van der Waals surface area contributed by atoms with Crippen molar-refractivity contribution in [1.82, 2.24) is 5.32 Å². The minimum atomic E-state index is -0.785. The van der Waals surface area contributed by atoms with Crippen LogP contribution in [0, 0.1) is 15.9 Å². The fourth-order valence-corrected chi connectivity index (χ4v) is 1.71. The molecule has 1 fully saturated rings. The lowest BCUT2D eigenvalue weighted by Crippen LogP contribution is -2.45. The number of anilines is 1. The average Bonchev–Trinajstić information content (AvgIpc) is 2.39. The number of ether oxygens (including phenoxy) is 1. The third-order valence-electron chi connectivity index (χ3n) is 2.58. The van der Waals surface area contributed by atoms with E-state index in [-0.39, 0.29) is 5.69 Å². The van der Waals surface area contributed by atoms with Crippen LogP contribution in [0.25, 0.3) is 0 Å². The molecule has 8 heteroatoms. The largest absolute Gasteiger partial charge is 0.366 e. The van der Waals surface area contributed by atoms with E-state index in [0.29, 0.717) is 19.7 Å². The maximum atomic E-state index is 13.2. The minimum absolute atomic E-state index is 0.0332. The molecule has 1 aromatic rings. The number of nitro benzene ring substituents is 1. The van der Waals surface area contributed by atoms with Gasteiger partial charge in [-0.25, -0.2) is 4.39 Å². The van der Waals surface area contributed by atoms with Crippen LogP contribution in [0.3, 0.4) is 0 Å². The van der Waals surface area contributed by atoms with E-state index in [1.54, 1.807) is 0 Å². The zero-order valence-corrected chi connectivity index (χ0v) is 9.89. The van der Waals surface area contributed by atoms with E-state index in [0.717, 1.165) is 18.2 Å². The van der Waals surface area contributed by atoms with Crippen molar-refractivity contribution in [1.29, 1.82) is 0 Å². The van der Waals surface area contributed by atoms with Gasteiger partial charge in [-0.05, 0) is 6.07 Å². The fourth-order valence-electron chi connectivity index (χ4n) is 1.71. The van der Waals surface area contributed by atoms with E-state index < -0.39 is 28.4 Å². The lowest BCUT2D eigenvalue weighted by molar-refractivity contribution is -0.385. The van der Waals surface area contributed by atoms with E-state index >= 15 is 0 Å². The van der Waals surface area contributed by atoms with Gasteiger partial charge in [-0.3, -0.25) is 14.9 Å². The van der Waals surface area contributed by atoms with Gasteiger partial charge in [0.1, 0.15) is 11.9 Å². The Balaban J connectivity index is 2.09. The zero-order valence-electron chi connectivity index (χ0n) is 9.89. The fraction of sp³-hybridized carbons (Fsp3) is 0.364. The van der Waals surface area contributed by atoms with Crippen LogP contribution in [0.4, 0.5) is 15.8 Å². The first-order valence-electron chi connectivity index (χ1n) is 5.64. The molecule has 0 aliphatic carbocycles. The van der Waals surface area contributed by atoms with Crippen LogP contribution < -0.4 is 10.6 Å². The first kappa shape index (κ1) is 13.4. The number of nitrogens with zero attached hydrogens (tertiary/aromatic N) is 1. The smallest absolute Gasteiger partial charge is 0.274 e. The van der Waals surface area contributed by atoms with Gasteiger partial charge in [-0.1, -0.05) is 0 Å².